The Hall–Kier alpha value is -3.28. The van der Waals surface area contributed by atoms with Gasteiger partial charge >= 0.3 is 6.18 Å². The number of hydrogen-bond acceptors (Lipinski definition) is 5. The van der Waals surface area contributed by atoms with Crippen LogP contribution in [-0.2, 0) is 6.18 Å². The molecule has 2 aromatic rings. The van der Waals surface area contributed by atoms with Crippen LogP contribution in [-0.4, -0.2) is 15.7 Å². The molecule has 6 nitrogen and oxygen atoms in total. The molecule has 0 aliphatic heterocycles. The summed E-state index contributed by atoms with van der Waals surface area (Å²) in [7, 11) is 0. The zero-order valence-electron chi connectivity index (χ0n) is 11.8. The van der Waals surface area contributed by atoms with Crippen LogP contribution in [0.25, 0.3) is 0 Å². The molecular weight excluding hydrogens is 327 g/mol. The SMILES string of the molecule is N#CC(C(=O)c1cc([N+](=O)[O-])cc(C(F)(F)F)c1)c1ccccn1. The van der Waals surface area contributed by atoms with Crippen molar-refractivity contribution in [3.05, 3.63) is 69.5 Å². The first-order valence-corrected chi connectivity index (χ1v) is 6.45. The fourth-order valence-corrected chi connectivity index (χ4v) is 1.99. The van der Waals surface area contributed by atoms with Crippen molar-refractivity contribution in [3.63, 3.8) is 0 Å². The molecule has 0 spiro atoms. The van der Waals surface area contributed by atoms with Crippen LogP contribution >= 0.6 is 0 Å². The molecule has 122 valence electrons. The topological polar surface area (TPSA) is 96.9 Å². The third-order valence-corrected chi connectivity index (χ3v) is 3.12. The number of alkyl halides is 3. The number of carbonyl (C=O) groups excluding carboxylic acids is 1. The van der Waals surface area contributed by atoms with Crippen molar-refractivity contribution in [1.29, 1.82) is 5.26 Å². The van der Waals surface area contributed by atoms with E-state index in [1.54, 1.807) is 6.07 Å². The molecule has 1 heterocycles. The summed E-state index contributed by atoms with van der Waals surface area (Å²) < 4.78 is 38.6. The number of pyridine rings is 1. The maximum absolute atomic E-state index is 12.9. The summed E-state index contributed by atoms with van der Waals surface area (Å²) in [5.74, 6) is -2.46. The standard InChI is InChI=1S/C15H8F3N3O3/c16-15(17,18)10-5-9(6-11(7-10)21(23)24)14(22)12(8-19)13-3-1-2-4-20-13/h1-7,12H. The molecule has 1 aromatic heterocycles. The fraction of sp³-hybridized carbons (Fsp3) is 0.133. The number of nitriles is 1. The Labute approximate surface area is 133 Å². The summed E-state index contributed by atoms with van der Waals surface area (Å²) in [6.45, 7) is 0. The summed E-state index contributed by atoms with van der Waals surface area (Å²) in [6, 6.07) is 7.61. The molecule has 2 rings (SSSR count). The summed E-state index contributed by atoms with van der Waals surface area (Å²) in [6.07, 6.45) is -3.55. The highest BCUT2D eigenvalue weighted by Gasteiger charge is 2.34. The average molecular weight is 335 g/mol. The first kappa shape index (κ1) is 17.1. The van der Waals surface area contributed by atoms with Gasteiger partial charge in [-0.25, -0.2) is 0 Å². The lowest BCUT2D eigenvalue weighted by Crippen LogP contribution is -2.15. The number of non-ortho nitro benzene ring substituents is 1. The van der Waals surface area contributed by atoms with Gasteiger partial charge in [0.1, 0.15) is 0 Å². The summed E-state index contributed by atoms with van der Waals surface area (Å²) in [4.78, 5) is 26.0. The van der Waals surface area contributed by atoms with E-state index in [1.807, 2.05) is 0 Å². The lowest BCUT2D eigenvalue weighted by molar-refractivity contribution is -0.385. The van der Waals surface area contributed by atoms with E-state index in [2.05, 4.69) is 4.98 Å². The van der Waals surface area contributed by atoms with Crippen molar-refractivity contribution in [2.45, 2.75) is 12.1 Å². The summed E-state index contributed by atoms with van der Waals surface area (Å²) >= 11 is 0. The minimum absolute atomic E-state index is 0.0464. The molecule has 0 aliphatic carbocycles. The van der Waals surface area contributed by atoms with E-state index in [0.29, 0.717) is 18.2 Å². The van der Waals surface area contributed by atoms with Crippen LogP contribution in [0, 0.1) is 21.4 Å². The minimum atomic E-state index is -4.87. The number of ketones is 1. The second-order valence-electron chi connectivity index (χ2n) is 4.70. The zero-order chi connectivity index (χ0) is 17.9. The fourth-order valence-electron chi connectivity index (χ4n) is 1.99. The van der Waals surface area contributed by atoms with Crippen molar-refractivity contribution in [2.24, 2.45) is 0 Å². The molecule has 1 aromatic carbocycles. The van der Waals surface area contributed by atoms with Gasteiger partial charge in [0.05, 0.1) is 22.2 Å². The van der Waals surface area contributed by atoms with Gasteiger partial charge in [-0.3, -0.25) is 19.9 Å². The molecule has 1 unspecified atom stereocenters. The van der Waals surface area contributed by atoms with E-state index in [9.17, 15) is 28.1 Å². The van der Waals surface area contributed by atoms with Crippen LogP contribution in [0.4, 0.5) is 18.9 Å². The molecule has 0 aliphatic rings. The zero-order valence-corrected chi connectivity index (χ0v) is 11.8. The smallest absolute Gasteiger partial charge is 0.292 e. The van der Waals surface area contributed by atoms with Gasteiger partial charge in [-0.1, -0.05) is 6.07 Å². The van der Waals surface area contributed by atoms with E-state index in [4.69, 9.17) is 5.26 Å². The van der Waals surface area contributed by atoms with Crippen LogP contribution < -0.4 is 0 Å². The predicted octanol–water partition coefficient (Wildman–Crippen LogP) is 3.50. The lowest BCUT2D eigenvalue weighted by Gasteiger charge is -2.11. The van der Waals surface area contributed by atoms with Gasteiger partial charge in [-0.05, 0) is 18.2 Å². The second kappa shape index (κ2) is 6.45. The number of rotatable bonds is 4. The number of hydrogen-bond donors (Lipinski definition) is 0. The van der Waals surface area contributed by atoms with Crippen LogP contribution in [0.1, 0.15) is 27.5 Å². The summed E-state index contributed by atoms with van der Waals surface area (Å²) in [5, 5.41) is 20.0. The highest BCUT2D eigenvalue weighted by atomic mass is 19.4. The van der Waals surface area contributed by atoms with Crippen LogP contribution in [0.2, 0.25) is 0 Å². The van der Waals surface area contributed by atoms with Crippen molar-refractivity contribution >= 4 is 11.5 Å². The van der Waals surface area contributed by atoms with Crippen molar-refractivity contribution in [2.75, 3.05) is 0 Å². The average Bonchev–Trinajstić information content (AvgIpc) is 2.55. The third kappa shape index (κ3) is 3.55. The number of halogens is 3. The number of nitrogens with zero attached hydrogens (tertiary/aromatic N) is 3. The highest BCUT2D eigenvalue weighted by molar-refractivity contribution is 6.03. The third-order valence-electron chi connectivity index (χ3n) is 3.12. The lowest BCUT2D eigenvalue weighted by atomic mass is 9.94. The molecule has 0 fully saturated rings. The molecule has 0 radical (unpaired) electrons. The van der Waals surface area contributed by atoms with Crippen molar-refractivity contribution in [1.82, 2.24) is 4.98 Å². The molecule has 9 heteroatoms. The number of carbonyl (C=O) groups is 1. The van der Waals surface area contributed by atoms with Gasteiger partial charge in [-0.2, -0.15) is 18.4 Å². The molecule has 0 amide bonds. The number of nitro benzene ring substituents is 1. The number of nitro groups is 1. The Morgan fingerprint density at radius 1 is 1.29 bits per heavy atom. The Kier molecular flexibility index (Phi) is 4.59. The van der Waals surface area contributed by atoms with Crippen LogP contribution in [0.15, 0.2) is 42.6 Å². The van der Waals surface area contributed by atoms with Gasteiger partial charge in [0.15, 0.2) is 11.7 Å². The first-order valence-electron chi connectivity index (χ1n) is 6.45. The van der Waals surface area contributed by atoms with Gasteiger partial charge in [0.2, 0.25) is 0 Å². The highest BCUT2D eigenvalue weighted by Crippen LogP contribution is 2.33. The second-order valence-corrected chi connectivity index (χ2v) is 4.70. The van der Waals surface area contributed by atoms with Gasteiger partial charge < -0.3 is 0 Å². The molecule has 0 N–H and O–H groups in total. The molecule has 1 atom stereocenters. The Bertz CT molecular complexity index is 829. The van der Waals surface area contributed by atoms with E-state index < -0.39 is 39.6 Å². The van der Waals surface area contributed by atoms with E-state index in [0.717, 1.165) is 0 Å². The summed E-state index contributed by atoms with van der Waals surface area (Å²) in [5.41, 5.74) is -2.75. The normalized spacial score (nSPS) is 12.2. The van der Waals surface area contributed by atoms with Gasteiger partial charge in [0.25, 0.3) is 5.69 Å². The quantitative estimate of drug-likeness (QED) is 0.484. The molecule has 24 heavy (non-hydrogen) atoms. The van der Waals surface area contributed by atoms with E-state index >= 15 is 0 Å². The Balaban J connectivity index is 2.54. The molecule has 0 saturated carbocycles. The Morgan fingerprint density at radius 2 is 2.00 bits per heavy atom. The van der Waals surface area contributed by atoms with E-state index in [1.165, 1.54) is 24.4 Å². The number of aromatic nitrogens is 1. The number of benzene rings is 1. The van der Waals surface area contributed by atoms with Crippen LogP contribution in [0.5, 0.6) is 0 Å². The van der Waals surface area contributed by atoms with E-state index in [-0.39, 0.29) is 5.69 Å². The van der Waals surface area contributed by atoms with Crippen LogP contribution in [0.3, 0.4) is 0 Å². The monoisotopic (exact) mass is 335 g/mol. The maximum Gasteiger partial charge on any atom is 0.416 e. The predicted molar refractivity (Wildman–Crippen MR) is 75.0 cm³/mol. The van der Waals surface area contributed by atoms with Gasteiger partial charge in [-0.15, -0.1) is 0 Å². The van der Waals surface area contributed by atoms with Crippen molar-refractivity contribution < 1.29 is 22.9 Å². The number of Topliss-reactive ketones (excluding diaryl/α,β-unsaturated/α-hetero) is 1. The first-order chi connectivity index (χ1) is 11.2. The molecule has 0 saturated heterocycles. The molecular formula is C15H8F3N3O3. The van der Waals surface area contributed by atoms with Crippen molar-refractivity contribution in [3.8, 4) is 6.07 Å². The minimum Gasteiger partial charge on any atom is -0.292 e. The van der Waals surface area contributed by atoms with Gasteiger partial charge in [0, 0.05) is 23.9 Å². The molecule has 0 bridgehead atoms. The Morgan fingerprint density at radius 3 is 2.50 bits per heavy atom. The maximum atomic E-state index is 12.9. The largest absolute Gasteiger partial charge is 0.416 e.